The summed E-state index contributed by atoms with van der Waals surface area (Å²) in [5.41, 5.74) is 12.6. The molecule has 404 valence electrons. The highest BCUT2D eigenvalue weighted by Gasteiger charge is 2.36. The molecule has 24 heteroatoms. The molecule has 0 aromatic heterocycles. The van der Waals surface area contributed by atoms with Crippen LogP contribution in [0.3, 0.4) is 0 Å². The molecule has 0 fully saturated rings. The van der Waals surface area contributed by atoms with Crippen molar-refractivity contribution in [2.75, 3.05) is 0 Å². The van der Waals surface area contributed by atoms with Crippen LogP contribution >= 0.6 is 0 Å². The Bertz CT molecular complexity index is 2240. The van der Waals surface area contributed by atoms with Crippen LogP contribution < -0.4 is 54.0 Å². The second-order valence-electron chi connectivity index (χ2n) is 19.2. The number of carbonyl (C=O) groups is 10. The molecule has 9 amide bonds. The summed E-state index contributed by atoms with van der Waals surface area (Å²) in [6.07, 6.45) is -2.30. The monoisotopic (exact) mass is 1030 g/mol. The number of aliphatic hydroxyl groups is 1. The Morgan fingerprint density at radius 3 is 1.34 bits per heavy atom. The van der Waals surface area contributed by atoms with Crippen LogP contribution in [0.2, 0.25) is 0 Å². The molecule has 24 nitrogen and oxygen atoms in total. The summed E-state index contributed by atoms with van der Waals surface area (Å²) in [6, 6.07) is -0.560. The van der Waals surface area contributed by atoms with Gasteiger partial charge in [0.25, 0.3) is 0 Å². The highest BCUT2D eigenvalue weighted by molar-refractivity contribution is 5.98. The number of benzene rings is 2. The van der Waals surface area contributed by atoms with Crippen LogP contribution in [0, 0.1) is 17.8 Å². The number of phenolic OH excluding ortho intramolecular Hbond substituents is 2. The number of phenols is 2. The number of aliphatic carboxylic acids is 1. The number of nitrogens with one attached hydrogen (secondary N) is 8. The molecule has 73 heavy (non-hydrogen) atoms. The molecule has 0 spiro atoms. The number of hydrogen-bond acceptors (Lipinski definition) is 14. The van der Waals surface area contributed by atoms with E-state index >= 15 is 0 Å². The lowest BCUT2D eigenvalue weighted by Gasteiger charge is -2.28. The number of hydrogen-bond donors (Lipinski definition) is 14. The SMILES string of the molecule is CC(C)C[C@H](NC(=O)[C@@H](N)Cc1ccc(O)cc1)C(=O)N[C@H](C(=O)N[C@@H](C)C(=O)N[C@@H](Cc1ccc(O)cc1)C(=O)N[C@@H](CCC(N)=O)C(=O)N[C@@H](C)C(=O)N[C@H](C(=O)N[C@H](C(=O)O)C(C)C)[C@@H](C)O)C(C)C. The van der Waals surface area contributed by atoms with Crippen molar-refractivity contribution in [1.29, 1.82) is 0 Å². The molecule has 0 saturated carbocycles. The average Bonchev–Trinajstić information content (AvgIpc) is 3.30. The Morgan fingerprint density at radius 2 is 0.877 bits per heavy atom. The number of aromatic hydroxyl groups is 2. The number of carbonyl (C=O) groups excluding carboxylic acids is 9. The van der Waals surface area contributed by atoms with Gasteiger partial charge in [-0.1, -0.05) is 65.8 Å². The zero-order valence-electron chi connectivity index (χ0n) is 42.7. The minimum atomic E-state index is -1.65. The van der Waals surface area contributed by atoms with Crippen molar-refractivity contribution in [3.05, 3.63) is 59.7 Å². The van der Waals surface area contributed by atoms with Crippen molar-refractivity contribution in [1.82, 2.24) is 42.5 Å². The fourth-order valence-corrected chi connectivity index (χ4v) is 7.14. The fraction of sp³-hybridized carbons (Fsp3) is 0.551. The van der Waals surface area contributed by atoms with E-state index in [2.05, 4.69) is 42.5 Å². The molecule has 0 aliphatic carbocycles. The van der Waals surface area contributed by atoms with E-state index in [4.69, 9.17) is 11.5 Å². The summed E-state index contributed by atoms with van der Waals surface area (Å²) in [5, 5.41) is 59.1. The number of nitrogens with two attached hydrogens (primary N) is 2. The van der Waals surface area contributed by atoms with E-state index in [1.807, 2.05) is 13.8 Å². The van der Waals surface area contributed by atoms with Gasteiger partial charge in [0.2, 0.25) is 53.2 Å². The minimum absolute atomic E-state index is 0.0385. The minimum Gasteiger partial charge on any atom is -0.508 e. The molecule has 0 unspecified atom stereocenters. The Labute approximate surface area is 424 Å². The van der Waals surface area contributed by atoms with E-state index < -0.39 is 144 Å². The van der Waals surface area contributed by atoms with E-state index in [1.54, 1.807) is 26.0 Å². The van der Waals surface area contributed by atoms with Crippen LogP contribution in [0.15, 0.2) is 48.5 Å². The van der Waals surface area contributed by atoms with Gasteiger partial charge in [-0.05, 0) is 93.2 Å². The van der Waals surface area contributed by atoms with Gasteiger partial charge in [-0.15, -0.1) is 0 Å². The maximum atomic E-state index is 14.1. The molecule has 0 aliphatic heterocycles. The van der Waals surface area contributed by atoms with Gasteiger partial charge in [0.15, 0.2) is 0 Å². The molecule has 10 atom stereocenters. The normalized spacial score (nSPS) is 15.4. The summed E-state index contributed by atoms with van der Waals surface area (Å²) in [6.45, 7) is 13.7. The van der Waals surface area contributed by atoms with Gasteiger partial charge in [0.05, 0.1) is 12.1 Å². The molecule has 16 N–H and O–H groups in total. The van der Waals surface area contributed by atoms with E-state index in [0.717, 1.165) is 0 Å². The van der Waals surface area contributed by atoms with E-state index in [1.165, 1.54) is 71.0 Å². The Morgan fingerprint density at radius 1 is 0.479 bits per heavy atom. The van der Waals surface area contributed by atoms with Crippen molar-refractivity contribution in [2.45, 2.75) is 155 Å². The standard InChI is InChI=1S/C49H74N10O14/c1-23(2)20-35(56-43(66)33(50)21-29-10-14-31(61)15-11-29)46(69)57-38(24(3)4)47(70)53-26(7)41(64)55-36(22-30-12-16-32(62)17-13-30)45(68)54-34(18-19-37(51)63)44(67)52-27(8)42(65)59-40(28(9)60)48(71)58-39(25(5)6)49(72)73/h10-17,23-28,33-36,38-40,60-62H,18-22,50H2,1-9H3,(H2,51,63)(H,52,67)(H,53,70)(H,54,68)(H,55,64)(H,56,66)(H,57,69)(H,58,71)(H,59,65)(H,72,73)/t26-,27-,28+,33-,34-,35-,36-,38-,39-,40-/m0/s1. The lowest BCUT2D eigenvalue weighted by molar-refractivity contribution is -0.144. The Balaban J connectivity index is 2.29. The van der Waals surface area contributed by atoms with Crippen LogP contribution in [-0.4, -0.2) is 140 Å². The topological polar surface area (TPSA) is 400 Å². The van der Waals surface area contributed by atoms with Gasteiger partial charge in [0, 0.05) is 12.8 Å². The smallest absolute Gasteiger partial charge is 0.326 e. The highest BCUT2D eigenvalue weighted by atomic mass is 16.4. The quantitative estimate of drug-likeness (QED) is 0.0428. The third-order valence-electron chi connectivity index (χ3n) is 11.4. The van der Waals surface area contributed by atoms with E-state index in [0.29, 0.717) is 11.1 Å². The number of aliphatic hydroxyl groups excluding tert-OH is 1. The fourth-order valence-electron chi connectivity index (χ4n) is 7.14. The molecule has 0 radical (unpaired) electrons. The molecule has 0 aliphatic rings. The van der Waals surface area contributed by atoms with E-state index in [9.17, 15) is 68.4 Å². The van der Waals surface area contributed by atoms with Crippen LogP contribution in [-0.2, 0) is 60.8 Å². The van der Waals surface area contributed by atoms with Crippen molar-refractivity contribution in [3.63, 3.8) is 0 Å². The zero-order chi connectivity index (χ0) is 55.4. The van der Waals surface area contributed by atoms with Crippen LogP contribution in [0.4, 0.5) is 0 Å². The van der Waals surface area contributed by atoms with Gasteiger partial charge in [-0.3, -0.25) is 43.2 Å². The van der Waals surface area contributed by atoms with Crippen molar-refractivity contribution < 1.29 is 68.4 Å². The molecule has 2 aromatic rings. The van der Waals surface area contributed by atoms with Crippen LogP contribution in [0.1, 0.15) is 92.7 Å². The maximum Gasteiger partial charge on any atom is 0.326 e. The summed E-state index contributed by atoms with van der Waals surface area (Å²) >= 11 is 0. The second-order valence-corrected chi connectivity index (χ2v) is 19.2. The van der Waals surface area contributed by atoms with Crippen molar-refractivity contribution in [3.8, 4) is 11.5 Å². The Hall–Kier alpha value is -7.34. The highest BCUT2D eigenvalue weighted by Crippen LogP contribution is 2.15. The number of carboxylic acids is 1. The summed E-state index contributed by atoms with van der Waals surface area (Å²) < 4.78 is 0. The third kappa shape index (κ3) is 21.1. The van der Waals surface area contributed by atoms with Gasteiger partial charge >= 0.3 is 5.97 Å². The second kappa shape index (κ2) is 29.2. The van der Waals surface area contributed by atoms with Gasteiger partial charge in [-0.2, -0.15) is 0 Å². The summed E-state index contributed by atoms with van der Waals surface area (Å²) in [7, 11) is 0. The largest absolute Gasteiger partial charge is 0.508 e. The number of primary amides is 1. The Kier molecular flexibility index (Phi) is 24.7. The first-order valence-electron chi connectivity index (χ1n) is 23.9. The maximum absolute atomic E-state index is 14.1. The lowest BCUT2D eigenvalue weighted by Crippen LogP contribution is -2.61. The summed E-state index contributed by atoms with van der Waals surface area (Å²) in [5.74, 6) is -10.5. The molecule has 2 rings (SSSR count). The average molecular weight is 1030 g/mol. The predicted molar refractivity (Wildman–Crippen MR) is 265 cm³/mol. The summed E-state index contributed by atoms with van der Waals surface area (Å²) in [4.78, 5) is 132. The lowest BCUT2D eigenvalue weighted by atomic mass is 9.99. The molecular weight excluding hydrogens is 953 g/mol. The third-order valence-corrected chi connectivity index (χ3v) is 11.4. The van der Waals surface area contributed by atoms with Crippen molar-refractivity contribution >= 4 is 59.1 Å². The molecule has 2 aromatic carbocycles. The number of carboxylic acid groups (broad SMARTS) is 1. The van der Waals surface area contributed by atoms with Crippen LogP contribution in [0.25, 0.3) is 0 Å². The molecule has 0 heterocycles. The van der Waals surface area contributed by atoms with Gasteiger partial charge < -0.3 is 74.4 Å². The van der Waals surface area contributed by atoms with Gasteiger partial charge in [0.1, 0.15) is 59.8 Å². The molecular formula is C49H74N10O14. The van der Waals surface area contributed by atoms with E-state index in [-0.39, 0.29) is 36.7 Å². The first-order chi connectivity index (χ1) is 34.0. The first-order valence-corrected chi connectivity index (χ1v) is 23.9. The van der Waals surface area contributed by atoms with Crippen LogP contribution in [0.5, 0.6) is 11.5 Å². The zero-order valence-corrected chi connectivity index (χ0v) is 42.7. The first kappa shape index (κ1) is 61.8. The molecule has 0 bridgehead atoms. The van der Waals surface area contributed by atoms with Crippen molar-refractivity contribution in [2.24, 2.45) is 29.2 Å². The van der Waals surface area contributed by atoms with Gasteiger partial charge in [-0.25, -0.2) is 4.79 Å². The molecule has 0 saturated heterocycles. The number of amides is 9. The number of rotatable bonds is 29. The predicted octanol–water partition coefficient (Wildman–Crippen LogP) is -1.78.